The average Bonchev–Trinajstić information content (AvgIpc) is 3.41. The molecule has 6 nitrogen and oxygen atoms in total. The number of unbranched alkanes of at least 4 members (excludes halogenated alkanes) is 27. The van der Waals surface area contributed by atoms with Gasteiger partial charge in [0.1, 0.15) is 13.2 Å². The van der Waals surface area contributed by atoms with Gasteiger partial charge in [-0.05, 0) is 128 Å². The Bertz CT molecular complexity index is 1520. The van der Waals surface area contributed by atoms with Crippen LogP contribution in [0.1, 0.15) is 290 Å². The van der Waals surface area contributed by atoms with E-state index in [0.717, 1.165) is 128 Å². The van der Waals surface area contributed by atoms with E-state index in [-0.39, 0.29) is 31.1 Å². The highest BCUT2D eigenvalue weighted by molar-refractivity contribution is 5.71. The highest BCUT2D eigenvalue weighted by Crippen LogP contribution is 2.15. The Morgan fingerprint density at radius 3 is 0.840 bits per heavy atom. The number of ether oxygens (including phenoxy) is 3. The molecule has 428 valence electrons. The Labute approximate surface area is 463 Å². The van der Waals surface area contributed by atoms with Gasteiger partial charge in [-0.25, -0.2) is 0 Å². The number of esters is 3. The van der Waals surface area contributed by atoms with Crippen LogP contribution in [0.3, 0.4) is 0 Å². The predicted molar refractivity (Wildman–Crippen MR) is 325 cm³/mol. The third kappa shape index (κ3) is 60.8. The van der Waals surface area contributed by atoms with E-state index in [1.165, 1.54) is 122 Å². The Morgan fingerprint density at radius 1 is 0.280 bits per heavy atom. The van der Waals surface area contributed by atoms with Crippen LogP contribution in [0.4, 0.5) is 0 Å². The van der Waals surface area contributed by atoms with Gasteiger partial charge in [-0.15, -0.1) is 0 Å². The maximum absolute atomic E-state index is 12.9. The summed E-state index contributed by atoms with van der Waals surface area (Å²) in [4.78, 5) is 38.3. The number of allylic oxidation sites excluding steroid dienone is 18. The first-order valence-electron chi connectivity index (χ1n) is 31.4. The van der Waals surface area contributed by atoms with Crippen molar-refractivity contribution in [2.45, 2.75) is 297 Å². The van der Waals surface area contributed by atoms with Crippen molar-refractivity contribution in [1.82, 2.24) is 0 Å². The highest BCUT2D eigenvalue weighted by atomic mass is 16.6. The lowest BCUT2D eigenvalue weighted by Gasteiger charge is -2.18. The number of carbonyl (C=O) groups is 3. The van der Waals surface area contributed by atoms with Crippen LogP contribution in [0.15, 0.2) is 109 Å². The normalized spacial score (nSPS) is 12.8. The van der Waals surface area contributed by atoms with E-state index >= 15 is 0 Å². The molecule has 0 aromatic heterocycles. The second-order valence-electron chi connectivity index (χ2n) is 20.6. The minimum absolute atomic E-state index is 0.0947. The van der Waals surface area contributed by atoms with Gasteiger partial charge < -0.3 is 14.2 Å². The molecule has 0 aliphatic rings. The molecule has 0 bridgehead atoms. The number of hydrogen-bond acceptors (Lipinski definition) is 6. The van der Waals surface area contributed by atoms with Gasteiger partial charge in [-0.2, -0.15) is 0 Å². The Morgan fingerprint density at radius 2 is 0.520 bits per heavy atom. The molecular weight excluding hydrogens is 925 g/mol. The van der Waals surface area contributed by atoms with E-state index in [4.69, 9.17) is 14.2 Å². The summed E-state index contributed by atoms with van der Waals surface area (Å²) in [6.07, 6.45) is 85.1. The monoisotopic (exact) mass is 1040 g/mol. The molecule has 0 aromatic rings. The molecule has 0 fully saturated rings. The lowest BCUT2D eigenvalue weighted by atomic mass is 10.1. The molecule has 1 unspecified atom stereocenters. The van der Waals surface area contributed by atoms with E-state index < -0.39 is 6.10 Å². The van der Waals surface area contributed by atoms with Gasteiger partial charge in [-0.1, -0.05) is 252 Å². The first-order valence-corrected chi connectivity index (χ1v) is 31.4. The lowest BCUT2D eigenvalue weighted by molar-refractivity contribution is -0.167. The van der Waals surface area contributed by atoms with Crippen molar-refractivity contribution >= 4 is 17.9 Å². The fraction of sp³-hybridized carbons (Fsp3) is 0.696. The predicted octanol–water partition coefficient (Wildman–Crippen LogP) is 21.4. The average molecular weight is 1040 g/mol. The van der Waals surface area contributed by atoms with Crippen molar-refractivity contribution in [3.63, 3.8) is 0 Å². The molecule has 0 aliphatic heterocycles. The van der Waals surface area contributed by atoms with Crippen molar-refractivity contribution in [3.05, 3.63) is 109 Å². The molecule has 0 saturated heterocycles. The number of rotatable bonds is 56. The van der Waals surface area contributed by atoms with E-state index in [2.05, 4.69) is 130 Å². The van der Waals surface area contributed by atoms with Crippen LogP contribution >= 0.6 is 0 Å². The second kappa shape index (κ2) is 62.6. The highest BCUT2D eigenvalue weighted by Gasteiger charge is 2.19. The summed E-state index contributed by atoms with van der Waals surface area (Å²) in [6, 6.07) is 0. The first kappa shape index (κ1) is 71.1. The molecule has 0 saturated carbocycles. The maximum atomic E-state index is 12.9. The third-order valence-corrected chi connectivity index (χ3v) is 13.2. The van der Waals surface area contributed by atoms with Crippen molar-refractivity contribution in [3.8, 4) is 0 Å². The lowest BCUT2D eigenvalue weighted by Crippen LogP contribution is -2.30. The van der Waals surface area contributed by atoms with E-state index in [1.807, 2.05) is 0 Å². The second-order valence-corrected chi connectivity index (χ2v) is 20.6. The Kier molecular flexibility index (Phi) is 59.3. The van der Waals surface area contributed by atoms with Crippen LogP contribution in [-0.2, 0) is 28.6 Å². The molecule has 0 heterocycles. The maximum Gasteiger partial charge on any atom is 0.306 e. The fourth-order valence-corrected chi connectivity index (χ4v) is 8.53. The number of carbonyl (C=O) groups excluding carboxylic acids is 3. The van der Waals surface area contributed by atoms with Crippen LogP contribution in [0.2, 0.25) is 0 Å². The Hall–Kier alpha value is -3.93. The van der Waals surface area contributed by atoms with Crippen LogP contribution in [0.5, 0.6) is 0 Å². The van der Waals surface area contributed by atoms with Crippen molar-refractivity contribution in [2.75, 3.05) is 13.2 Å². The summed E-state index contributed by atoms with van der Waals surface area (Å²) in [5.41, 5.74) is 0. The zero-order valence-electron chi connectivity index (χ0n) is 49.0. The fourth-order valence-electron chi connectivity index (χ4n) is 8.53. The van der Waals surface area contributed by atoms with Crippen molar-refractivity contribution in [1.29, 1.82) is 0 Å². The molecular formula is C69H116O6. The summed E-state index contributed by atoms with van der Waals surface area (Å²) in [5.74, 6) is -0.930. The smallest absolute Gasteiger partial charge is 0.306 e. The summed E-state index contributed by atoms with van der Waals surface area (Å²) >= 11 is 0. The molecule has 0 radical (unpaired) electrons. The van der Waals surface area contributed by atoms with Gasteiger partial charge in [-0.3, -0.25) is 14.4 Å². The first-order chi connectivity index (χ1) is 37.0. The molecule has 0 spiro atoms. The van der Waals surface area contributed by atoms with Crippen molar-refractivity contribution in [2.24, 2.45) is 0 Å². The summed E-state index contributed by atoms with van der Waals surface area (Å²) in [6.45, 7) is 6.47. The molecule has 0 N–H and O–H groups in total. The van der Waals surface area contributed by atoms with Gasteiger partial charge in [0.05, 0.1) is 0 Å². The van der Waals surface area contributed by atoms with Crippen LogP contribution in [0.25, 0.3) is 0 Å². The zero-order valence-corrected chi connectivity index (χ0v) is 49.0. The Balaban J connectivity index is 4.45. The molecule has 0 aliphatic carbocycles. The van der Waals surface area contributed by atoms with E-state index in [9.17, 15) is 14.4 Å². The molecule has 0 amide bonds. The van der Waals surface area contributed by atoms with E-state index in [0.29, 0.717) is 19.3 Å². The SMILES string of the molecule is CC/C=C\C/C=C\C/C=C\C/C=C\CCCCCCC(=O)OCC(COC(=O)CCCCCCCCCCC/C=C\C/C=C\CCCCCCC)OC(=O)CCCCCCCC/C=C\C/C=C\C/C=C\CCCCC. The zero-order chi connectivity index (χ0) is 54.3. The minimum Gasteiger partial charge on any atom is -0.462 e. The topological polar surface area (TPSA) is 78.9 Å². The van der Waals surface area contributed by atoms with E-state index in [1.54, 1.807) is 0 Å². The molecule has 0 rings (SSSR count). The van der Waals surface area contributed by atoms with Gasteiger partial charge in [0, 0.05) is 19.3 Å². The third-order valence-electron chi connectivity index (χ3n) is 13.2. The van der Waals surface area contributed by atoms with Crippen LogP contribution < -0.4 is 0 Å². The molecule has 1 atom stereocenters. The van der Waals surface area contributed by atoms with Gasteiger partial charge >= 0.3 is 17.9 Å². The minimum atomic E-state index is -0.801. The van der Waals surface area contributed by atoms with Gasteiger partial charge in [0.25, 0.3) is 0 Å². The molecule has 6 heteroatoms. The quantitative estimate of drug-likeness (QED) is 0.0261. The van der Waals surface area contributed by atoms with Gasteiger partial charge in [0.15, 0.2) is 6.10 Å². The van der Waals surface area contributed by atoms with Gasteiger partial charge in [0.2, 0.25) is 0 Å². The van der Waals surface area contributed by atoms with Crippen LogP contribution in [-0.4, -0.2) is 37.2 Å². The standard InChI is InChI=1S/C69H116O6/c1-4-7-10-13-16-19-22-25-28-31-33-34-36-38-41-44-47-50-53-56-59-62-68(71)74-65-66(64-73-67(70)61-58-55-52-49-46-43-40-37-30-27-24-21-18-15-12-9-6-3)75-69(72)63-60-57-54-51-48-45-42-39-35-32-29-26-23-20-17-14-11-8-5-2/h9,12,17-18,20-22,25-27,29-31,33,35,39-40,43,66H,4-8,10-11,13-16,19,23-24,28,32,34,36-38,41-42,44-65H2,1-3H3/b12-9-,20-17-,21-18-,25-22-,29-26-,30-27-,33-31-,39-35-,43-40-. The van der Waals surface area contributed by atoms with Crippen molar-refractivity contribution < 1.29 is 28.6 Å². The molecule has 0 aromatic carbocycles. The molecule has 75 heavy (non-hydrogen) atoms. The summed E-state index contributed by atoms with van der Waals surface area (Å²) in [7, 11) is 0. The number of hydrogen-bond donors (Lipinski definition) is 0. The summed E-state index contributed by atoms with van der Waals surface area (Å²) in [5, 5.41) is 0. The largest absolute Gasteiger partial charge is 0.462 e. The summed E-state index contributed by atoms with van der Waals surface area (Å²) < 4.78 is 16.9. The van der Waals surface area contributed by atoms with Crippen LogP contribution in [0, 0.1) is 0 Å².